The van der Waals surface area contributed by atoms with Gasteiger partial charge in [0.25, 0.3) is 0 Å². The van der Waals surface area contributed by atoms with Crippen LogP contribution in [0.4, 0.5) is 0 Å². The number of hydrogen-bond donors (Lipinski definition) is 1. The minimum Gasteiger partial charge on any atom is -0.361 e. The molecule has 2 rings (SSSR count). The summed E-state index contributed by atoms with van der Waals surface area (Å²) in [7, 11) is -3.13. The van der Waals surface area contributed by atoms with Gasteiger partial charge in [-0.1, -0.05) is 11.6 Å². The molecule has 1 unspecified atom stereocenters. The first-order valence-corrected chi connectivity index (χ1v) is 8.86. The quantitative estimate of drug-likeness (QED) is 0.884. The molecule has 114 valence electrons. The van der Waals surface area contributed by atoms with Crippen molar-refractivity contribution < 1.29 is 12.9 Å². The Bertz CT molecular complexity index is 534. The van der Waals surface area contributed by atoms with E-state index in [0.717, 1.165) is 49.4 Å². The maximum Gasteiger partial charge on any atom is 0.208 e. The molecule has 1 aromatic rings. The number of sulfonamides is 1. The maximum atomic E-state index is 11.3. The lowest BCUT2D eigenvalue weighted by Crippen LogP contribution is -2.46. The highest BCUT2D eigenvalue weighted by Gasteiger charge is 2.25. The Labute approximate surface area is 120 Å². The molecule has 0 aliphatic carbocycles. The molecule has 0 amide bonds. The molecular weight excluding hydrogens is 278 g/mol. The van der Waals surface area contributed by atoms with Gasteiger partial charge in [-0.2, -0.15) is 0 Å². The van der Waals surface area contributed by atoms with Crippen LogP contribution in [0, 0.1) is 13.8 Å². The van der Waals surface area contributed by atoms with Gasteiger partial charge >= 0.3 is 0 Å². The van der Waals surface area contributed by atoms with Crippen LogP contribution in [0.3, 0.4) is 0 Å². The second-order valence-electron chi connectivity index (χ2n) is 5.54. The average Bonchev–Trinajstić information content (AvgIpc) is 2.68. The number of aromatic nitrogens is 1. The molecule has 1 saturated heterocycles. The molecule has 6 nitrogen and oxygen atoms in total. The highest BCUT2D eigenvalue weighted by atomic mass is 32.2. The molecule has 0 saturated carbocycles. The van der Waals surface area contributed by atoms with E-state index in [9.17, 15) is 8.42 Å². The normalized spacial score (nSPS) is 21.2. The Kier molecular flexibility index (Phi) is 4.82. The lowest BCUT2D eigenvalue weighted by atomic mass is 10.0. The Morgan fingerprint density at radius 3 is 2.75 bits per heavy atom. The van der Waals surface area contributed by atoms with Crippen molar-refractivity contribution in [3.63, 3.8) is 0 Å². The molecule has 1 N–H and O–H groups in total. The first kappa shape index (κ1) is 15.5. The first-order valence-electron chi connectivity index (χ1n) is 6.97. The minimum atomic E-state index is -3.13. The van der Waals surface area contributed by atoms with E-state index in [0.29, 0.717) is 6.54 Å². The van der Waals surface area contributed by atoms with Gasteiger partial charge in [-0.25, -0.2) is 13.1 Å². The molecular formula is C13H23N3O3S. The highest BCUT2D eigenvalue weighted by Crippen LogP contribution is 2.22. The van der Waals surface area contributed by atoms with Crippen molar-refractivity contribution in [2.24, 2.45) is 0 Å². The summed E-state index contributed by atoms with van der Waals surface area (Å²) in [5, 5.41) is 3.98. The van der Waals surface area contributed by atoms with Crippen LogP contribution in [-0.2, 0) is 16.6 Å². The van der Waals surface area contributed by atoms with E-state index < -0.39 is 10.0 Å². The topological polar surface area (TPSA) is 75.4 Å². The zero-order valence-electron chi connectivity index (χ0n) is 12.3. The predicted molar refractivity (Wildman–Crippen MR) is 76.9 cm³/mol. The number of hydrogen-bond acceptors (Lipinski definition) is 5. The van der Waals surface area contributed by atoms with Crippen molar-refractivity contribution in [1.82, 2.24) is 14.8 Å². The summed E-state index contributed by atoms with van der Waals surface area (Å²) >= 11 is 0. The van der Waals surface area contributed by atoms with Crippen molar-refractivity contribution in [1.29, 1.82) is 0 Å². The average molecular weight is 301 g/mol. The van der Waals surface area contributed by atoms with Crippen LogP contribution in [0.1, 0.15) is 36.3 Å². The third kappa shape index (κ3) is 4.04. The highest BCUT2D eigenvalue weighted by molar-refractivity contribution is 7.88. The Hall–Kier alpha value is -0.920. The molecule has 7 heteroatoms. The van der Waals surface area contributed by atoms with Crippen LogP contribution in [0.5, 0.6) is 0 Å². The molecule has 1 aliphatic rings. The monoisotopic (exact) mass is 301 g/mol. The number of nitrogens with zero attached hydrogens (tertiary/aromatic N) is 2. The summed E-state index contributed by atoms with van der Waals surface area (Å²) in [5.41, 5.74) is 2.04. The summed E-state index contributed by atoms with van der Waals surface area (Å²) in [6.07, 6.45) is 4.52. The number of aryl methyl sites for hydroxylation is 2. The van der Waals surface area contributed by atoms with Gasteiger partial charge in [0.1, 0.15) is 5.76 Å². The SMILES string of the molecule is Cc1noc(C)c1CN1CCCCC1CNS(C)(=O)=O. The van der Waals surface area contributed by atoms with E-state index in [4.69, 9.17) is 4.52 Å². The van der Waals surface area contributed by atoms with E-state index >= 15 is 0 Å². The van der Waals surface area contributed by atoms with Gasteiger partial charge in [-0.15, -0.1) is 0 Å². The van der Waals surface area contributed by atoms with Gasteiger partial charge < -0.3 is 4.52 Å². The lowest BCUT2D eigenvalue weighted by Gasteiger charge is -2.35. The Morgan fingerprint density at radius 1 is 1.40 bits per heavy atom. The Balaban J connectivity index is 2.03. The van der Waals surface area contributed by atoms with Gasteiger partial charge in [0.15, 0.2) is 0 Å². The zero-order chi connectivity index (χ0) is 14.8. The fourth-order valence-electron chi connectivity index (χ4n) is 2.68. The van der Waals surface area contributed by atoms with Crippen molar-refractivity contribution >= 4 is 10.0 Å². The summed E-state index contributed by atoms with van der Waals surface area (Å²) in [6.45, 7) is 6.10. The predicted octanol–water partition coefficient (Wildman–Crippen LogP) is 1.20. The third-order valence-corrected chi connectivity index (χ3v) is 4.56. The van der Waals surface area contributed by atoms with Gasteiger partial charge in [-0.05, 0) is 33.2 Å². The summed E-state index contributed by atoms with van der Waals surface area (Å²) in [5.74, 6) is 0.850. The molecule has 0 radical (unpaired) electrons. The smallest absolute Gasteiger partial charge is 0.208 e. The zero-order valence-corrected chi connectivity index (χ0v) is 13.2. The number of likely N-dealkylation sites (tertiary alicyclic amines) is 1. The van der Waals surface area contributed by atoms with E-state index in [1.54, 1.807) is 0 Å². The fraction of sp³-hybridized carbons (Fsp3) is 0.769. The number of rotatable bonds is 5. The fourth-order valence-corrected chi connectivity index (χ4v) is 3.17. The van der Waals surface area contributed by atoms with Crippen molar-refractivity contribution in [3.8, 4) is 0 Å². The van der Waals surface area contributed by atoms with E-state index in [1.807, 2.05) is 13.8 Å². The maximum absolute atomic E-state index is 11.3. The number of piperidine rings is 1. The second kappa shape index (κ2) is 6.24. The van der Waals surface area contributed by atoms with Crippen LogP contribution in [0.25, 0.3) is 0 Å². The molecule has 2 heterocycles. The van der Waals surface area contributed by atoms with Crippen LogP contribution in [0.2, 0.25) is 0 Å². The van der Waals surface area contributed by atoms with Crippen molar-refractivity contribution in [3.05, 3.63) is 17.0 Å². The van der Waals surface area contributed by atoms with Crippen LogP contribution < -0.4 is 4.72 Å². The van der Waals surface area contributed by atoms with Crippen molar-refractivity contribution in [2.45, 2.75) is 45.7 Å². The largest absolute Gasteiger partial charge is 0.361 e. The molecule has 20 heavy (non-hydrogen) atoms. The van der Waals surface area contributed by atoms with Gasteiger partial charge in [-0.3, -0.25) is 4.90 Å². The Morgan fingerprint density at radius 2 is 2.15 bits per heavy atom. The van der Waals surface area contributed by atoms with E-state index in [1.165, 1.54) is 6.26 Å². The van der Waals surface area contributed by atoms with Crippen LogP contribution in [0.15, 0.2) is 4.52 Å². The van der Waals surface area contributed by atoms with Crippen LogP contribution >= 0.6 is 0 Å². The lowest BCUT2D eigenvalue weighted by molar-refractivity contribution is 0.141. The second-order valence-corrected chi connectivity index (χ2v) is 7.38. The van der Waals surface area contributed by atoms with Crippen molar-refractivity contribution in [2.75, 3.05) is 19.3 Å². The molecule has 1 fully saturated rings. The molecule has 0 bridgehead atoms. The summed E-state index contributed by atoms with van der Waals surface area (Å²) < 4.78 is 30.3. The minimum absolute atomic E-state index is 0.243. The molecule has 0 aromatic carbocycles. The molecule has 0 spiro atoms. The van der Waals surface area contributed by atoms with Crippen LogP contribution in [-0.4, -0.2) is 43.9 Å². The van der Waals surface area contributed by atoms with E-state index in [-0.39, 0.29) is 6.04 Å². The summed E-state index contributed by atoms with van der Waals surface area (Å²) in [4.78, 5) is 2.33. The molecule has 1 atom stereocenters. The van der Waals surface area contributed by atoms with Gasteiger partial charge in [0.05, 0.1) is 11.9 Å². The third-order valence-electron chi connectivity index (χ3n) is 3.87. The standard InChI is InChI=1S/C13H23N3O3S/c1-10-13(11(2)19-15-10)9-16-7-5-4-6-12(16)8-14-20(3,17)18/h12,14H,4-9H2,1-3H3. The van der Waals surface area contributed by atoms with Gasteiger partial charge in [0.2, 0.25) is 10.0 Å². The number of nitrogens with one attached hydrogen (secondary N) is 1. The first-order chi connectivity index (χ1) is 9.37. The molecule has 1 aliphatic heterocycles. The molecule has 1 aromatic heterocycles. The van der Waals surface area contributed by atoms with E-state index in [2.05, 4.69) is 14.8 Å². The summed E-state index contributed by atoms with van der Waals surface area (Å²) in [6, 6.07) is 0.243. The van der Waals surface area contributed by atoms with Gasteiger partial charge in [0, 0.05) is 24.7 Å².